The van der Waals surface area contributed by atoms with Gasteiger partial charge in [0.25, 0.3) is 0 Å². The number of aryl methyl sites for hydroxylation is 1. The van der Waals surface area contributed by atoms with Crippen LogP contribution in [-0.2, 0) is 7.05 Å². The first-order valence-corrected chi connectivity index (χ1v) is 7.75. The summed E-state index contributed by atoms with van der Waals surface area (Å²) >= 11 is 4.04. The summed E-state index contributed by atoms with van der Waals surface area (Å²) < 4.78 is 2.98. The highest BCUT2D eigenvalue weighted by Gasteiger charge is 2.17. The van der Waals surface area contributed by atoms with Crippen molar-refractivity contribution in [1.29, 1.82) is 0 Å². The Morgan fingerprint density at radius 3 is 2.58 bits per heavy atom. The largest absolute Gasteiger partial charge is 0.383 e. The van der Waals surface area contributed by atoms with Crippen molar-refractivity contribution in [2.75, 3.05) is 5.73 Å². The lowest BCUT2D eigenvalue weighted by Gasteiger charge is -2.02. The number of anilines is 1. The lowest BCUT2D eigenvalue weighted by Crippen LogP contribution is -1.97. The molecular formula is C14H12IN3S. The number of nitrogen functional groups attached to an aromatic ring is 1. The molecule has 0 radical (unpaired) electrons. The second-order valence-electron chi connectivity index (χ2n) is 4.24. The van der Waals surface area contributed by atoms with Gasteiger partial charge < -0.3 is 5.73 Å². The Labute approximate surface area is 129 Å². The summed E-state index contributed by atoms with van der Waals surface area (Å²) in [5, 5.41) is 6.69. The molecule has 0 saturated carbocycles. The molecule has 3 nitrogen and oxygen atoms in total. The highest BCUT2D eigenvalue weighted by atomic mass is 127. The zero-order valence-electron chi connectivity index (χ0n) is 10.3. The molecule has 0 amide bonds. The van der Waals surface area contributed by atoms with Gasteiger partial charge in [-0.1, -0.05) is 30.3 Å². The second-order valence-corrected chi connectivity index (χ2v) is 7.04. The van der Waals surface area contributed by atoms with E-state index >= 15 is 0 Å². The van der Waals surface area contributed by atoms with Crippen LogP contribution in [0.15, 0.2) is 41.8 Å². The number of aromatic nitrogens is 2. The van der Waals surface area contributed by atoms with Crippen LogP contribution in [0.25, 0.3) is 22.4 Å². The Hall–Kier alpha value is -1.34. The molecule has 2 aromatic heterocycles. The number of thiophene rings is 1. The number of nitrogens with zero attached hydrogens (tertiary/aromatic N) is 2. The third-order valence-corrected chi connectivity index (χ3v) is 4.78. The summed E-state index contributed by atoms with van der Waals surface area (Å²) in [6, 6.07) is 12.3. The first-order chi connectivity index (χ1) is 9.16. The third kappa shape index (κ3) is 2.28. The minimum absolute atomic E-state index is 0.697. The fraction of sp³-hybridized carbons (Fsp3) is 0.0714. The van der Waals surface area contributed by atoms with E-state index in [1.165, 1.54) is 2.88 Å². The van der Waals surface area contributed by atoms with E-state index < -0.39 is 0 Å². The third-order valence-electron chi connectivity index (χ3n) is 2.99. The Bertz CT molecular complexity index is 716. The quantitative estimate of drug-likeness (QED) is 0.682. The van der Waals surface area contributed by atoms with Gasteiger partial charge in [-0.15, -0.1) is 11.3 Å². The first kappa shape index (κ1) is 12.7. The van der Waals surface area contributed by atoms with Crippen LogP contribution in [0.3, 0.4) is 0 Å². The van der Waals surface area contributed by atoms with Crippen molar-refractivity contribution in [3.05, 3.63) is 44.7 Å². The fourth-order valence-corrected chi connectivity index (χ4v) is 3.39. The van der Waals surface area contributed by atoms with E-state index in [4.69, 9.17) is 5.73 Å². The molecule has 0 bridgehead atoms. The molecule has 19 heavy (non-hydrogen) atoms. The van der Waals surface area contributed by atoms with E-state index in [1.807, 2.05) is 25.2 Å². The molecule has 2 N–H and O–H groups in total. The summed E-state index contributed by atoms with van der Waals surface area (Å²) in [5.74, 6) is 0.697. The fourth-order valence-electron chi connectivity index (χ4n) is 2.06. The van der Waals surface area contributed by atoms with Crippen molar-refractivity contribution in [2.45, 2.75) is 0 Å². The molecule has 0 atom stereocenters. The molecule has 3 rings (SSSR count). The van der Waals surface area contributed by atoms with Gasteiger partial charge in [0, 0.05) is 18.0 Å². The Morgan fingerprint density at radius 1 is 1.21 bits per heavy atom. The molecule has 96 valence electrons. The summed E-state index contributed by atoms with van der Waals surface area (Å²) in [5.41, 5.74) is 10.4. The summed E-state index contributed by atoms with van der Waals surface area (Å²) in [7, 11) is 1.88. The average Bonchev–Trinajstić information content (AvgIpc) is 2.96. The van der Waals surface area contributed by atoms with Crippen molar-refractivity contribution in [3.63, 3.8) is 0 Å². The number of halogens is 1. The standard InChI is InChI=1S/C14H12IN3S/c1-18-14(16)12(9-5-3-2-4-6-9)13(17-18)10-7-11(15)19-8-10/h2-8H,16H2,1H3. The minimum Gasteiger partial charge on any atom is -0.383 e. The maximum absolute atomic E-state index is 6.18. The predicted molar refractivity (Wildman–Crippen MR) is 89.1 cm³/mol. The number of hydrogen-bond acceptors (Lipinski definition) is 3. The zero-order valence-corrected chi connectivity index (χ0v) is 13.3. The Kier molecular flexibility index (Phi) is 3.32. The number of hydrogen-bond donors (Lipinski definition) is 1. The Balaban J connectivity index is 2.24. The maximum atomic E-state index is 6.18. The van der Waals surface area contributed by atoms with Crippen LogP contribution < -0.4 is 5.73 Å². The lowest BCUT2D eigenvalue weighted by molar-refractivity contribution is 0.782. The van der Waals surface area contributed by atoms with Crippen LogP contribution in [0, 0.1) is 2.88 Å². The van der Waals surface area contributed by atoms with E-state index in [9.17, 15) is 0 Å². The van der Waals surface area contributed by atoms with Gasteiger partial charge in [-0.05, 0) is 34.2 Å². The molecular weight excluding hydrogens is 369 g/mol. The molecule has 3 aromatic rings. The van der Waals surface area contributed by atoms with E-state index in [1.54, 1.807) is 16.0 Å². The molecule has 0 fully saturated rings. The Morgan fingerprint density at radius 2 is 1.95 bits per heavy atom. The molecule has 0 aliphatic rings. The van der Waals surface area contributed by atoms with Crippen molar-refractivity contribution in [2.24, 2.45) is 7.05 Å². The van der Waals surface area contributed by atoms with Crippen LogP contribution in [0.4, 0.5) is 5.82 Å². The minimum atomic E-state index is 0.697. The van der Waals surface area contributed by atoms with Crippen LogP contribution in [-0.4, -0.2) is 9.78 Å². The maximum Gasteiger partial charge on any atom is 0.129 e. The van der Waals surface area contributed by atoms with E-state index in [2.05, 4.69) is 51.3 Å². The summed E-state index contributed by atoms with van der Waals surface area (Å²) in [4.78, 5) is 0. The number of benzene rings is 1. The highest BCUT2D eigenvalue weighted by molar-refractivity contribution is 14.1. The van der Waals surface area contributed by atoms with Crippen LogP contribution in [0.2, 0.25) is 0 Å². The van der Waals surface area contributed by atoms with Gasteiger partial charge >= 0.3 is 0 Å². The van der Waals surface area contributed by atoms with Gasteiger partial charge in [0.15, 0.2) is 0 Å². The van der Waals surface area contributed by atoms with Gasteiger partial charge in [0.05, 0.1) is 8.45 Å². The molecule has 0 aliphatic carbocycles. The highest BCUT2D eigenvalue weighted by Crippen LogP contribution is 2.37. The van der Waals surface area contributed by atoms with Crippen molar-refractivity contribution in [3.8, 4) is 22.4 Å². The normalized spacial score (nSPS) is 10.8. The topological polar surface area (TPSA) is 43.8 Å². The van der Waals surface area contributed by atoms with Crippen LogP contribution in [0.1, 0.15) is 0 Å². The SMILES string of the molecule is Cn1nc(-c2csc(I)c2)c(-c2ccccc2)c1N. The average molecular weight is 381 g/mol. The number of nitrogens with two attached hydrogens (primary N) is 1. The van der Waals surface area contributed by atoms with Gasteiger partial charge in [-0.3, -0.25) is 4.68 Å². The molecule has 1 aromatic carbocycles. The van der Waals surface area contributed by atoms with Crippen molar-refractivity contribution in [1.82, 2.24) is 9.78 Å². The monoisotopic (exact) mass is 381 g/mol. The predicted octanol–water partition coefficient (Wildman–Crippen LogP) is 4.00. The molecule has 0 saturated heterocycles. The lowest BCUT2D eigenvalue weighted by atomic mass is 10.0. The second kappa shape index (κ2) is 4.97. The molecule has 5 heteroatoms. The van der Waals surface area contributed by atoms with Gasteiger partial charge in [-0.2, -0.15) is 5.10 Å². The molecule has 0 aliphatic heterocycles. The molecule has 0 spiro atoms. The van der Waals surface area contributed by atoms with E-state index in [-0.39, 0.29) is 0 Å². The van der Waals surface area contributed by atoms with Crippen LogP contribution >= 0.6 is 33.9 Å². The summed E-state index contributed by atoms with van der Waals surface area (Å²) in [6.07, 6.45) is 0. The number of rotatable bonds is 2. The summed E-state index contributed by atoms with van der Waals surface area (Å²) in [6.45, 7) is 0. The molecule has 2 heterocycles. The van der Waals surface area contributed by atoms with Gasteiger partial charge in [-0.25, -0.2) is 0 Å². The van der Waals surface area contributed by atoms with Crippen molar-refractivity contribution >= 4 is 39.7 Å². The van der Waals surface area contributed by atoms with Crippen molar-refractivity contribution < 1.29 is 0 Å². The first-order valence-electron chi connectivity index (χ1n) is 5.79. The van der Waals surface area contributed by atoms with E-state index in [0.29, 0.717) is 5.82 Å². The van der Waals surface area contributed by atoms with E-state index in [0.717, 1.165) is 22.4 Å². The smallest absolute Gasteiger partial charge is 0.129 e. The zero-order chi connectivity index (χ0) is 13.4. The van der Waals surface area contributed by atoms with Crippen LogP contribution in [0.5, 0.6) is 0 Å². The van der Waals surface area contributed by atoms with Gasteiger partial charge in [0.1, 0.15) is 11.5 Å². The van der Waals surface area contributed by atoms with Gasteiger partial charge in [0.2, 0.25) is 0 Å². The molecule has 0 unspecified atom stereocenters.